The van der Waals surface area contributed by atoms with Gasteiger partial charge in [-0.1, -0.05) is 6.08 Å². The average molecular weight is 235 g/mol. The maximum Gasteiger partial charge on any atom is 0.231 e. The van der Waals surface area contributed by atoms with E-state index in [1.807, 2.05) is 25.3 Å². The molecule has 0 unspecified atom stereocenters. The second-order valence-corrected chi connectivity index (χ2v) is 3.77. The minimum Gasteiger partial charge on any atom is -0.493 e. The lowest BCUT2D eigenvalue weighted by molar-refractivity contribution is 0.173. The number of nitrogens with one attached hydrogen (secondary N) is 1. The quantitative estimate of drug-likeness (QED) is 0.605. The summed E-state index contributed by atoms with van der Waals surface area (Å²) >= 11 is 0. The Morgan fingerprint density at radius 1 is 1.41 bits per heavy atom. The first-order valence-corrected chi connectivity index (χ1v) is 5.66. The lowest BCUT2D eigenvalue weighted by atomic mass is 10.1. The number of ether oxygens (including phenoxy) is 3. The molecule has 0 atom stereocenters. The first kappa shape index (κ1) is 11.8. The van der Waals surface area contributed by atoms with E-state index in [9.17, 15) is 0 Å². The number of hydrogen-bond acceptors (Lipinski definition) is 4. The summed E-state index contributed by atoms with van der Waals surface area (Å²) in [6, 6.07) is 3.85. The Morgan fingerprint density at radius 2 is 2.18 bits per heavy atom. The lowest BCUT2D eigenvalue weighted by Gasteiger charge is -2.11. The summed E-state index contributed by atoms with van der Waals surface area (Å²) in [4.78, 5) is 0. The predicted molar refractivity (Wildman–Crippen MR) is 65.6 cm³/mol. The smallest absolute Gasteiger partial charge is 0.231 e. The Labute approximate surface area is 101 Å². The van der Waals surface area contributed by atoms with E-state index in [4.69, 9.17) is 14.2 Å². The highest BCUT2D eigenvalue weighted by Gasteiger charge is 2.17. The Balaban J connectivity index is 2.18. The largest absolute Gasteiger partial charge is 0.493 e. The molecular formula is C13H17NO3. The summed E-state index contributed by atoms with van der Waals surface area (Å²) in [6.07, 6.45) is 2.66. The van der Waals surface area contributed by atoms with Crippen LogP contribution in [-0.4, -0.2) is 20.4 Å². The van der Waals surface area contributed by atoms with Crippen molar-refractivity contribution in [3.8, 4) is 17.2 Å². The van der Waals surface area contributed by atoms with E-state index < -0.39 is 0 Å². The molecule has 1 aliphatic rings. The van der Waals surface area contributed by atoms with E-state index in [-0.39, 0.29) is 6.79 Å². The van der Waals surface area contributed by atoms with E-state index in [2.05, 4.69) is 11.9 Å². The number of rotatable bonds is 6. The van der Waals surface area contributed by atoms with Crippen molar-refractivity contribution in [1.82, 2.24) is 5.32 Å². The third-order valence-electron chi connectivity index (χ3n) is 2.50. The Kier molecular flexibility index (Phi) is 3.88. The molecule has 0 fully saturated rings. The topological polar surface area (TPSA) is 39.7 Å². The minimum atomic E-state index is 0.282. The molecular weight excluding hydrogens is 218 g/mol. The minimum absolute atomic E-state index is 0.282. The summed E-state index contributed by atoms with van der Waals surface area (Å²) < 4.78 is 16.4. The number of fused-ring (bicyclic) bond motifs is 1. The standard InChI is InChI=1S/C13H17NO3/c1-3-4-5-15-11-7-13-12(16-9-17-13)6-10(11)8-14-2/h3,6-7,14H,1,4-5,8-9H2,2H3. The number of benzene rings is 1. The van der Waals surface area contributed by atoms with Gasteiger partial charge in [0, 0.05) is 18.2 Å². The zero-order valence-corrected chi connectivity index (χ0v) is 9.99. The van der Waals surface area contributed by atoms with Crippen molar-refractivity contribution in [2.24, 2.45) is 0 Å². The van der Waals surface area contributed by atoms with Crippen molar-refractivity contribution in [3.63, 3.8) is 0 Å². The summed E-state index contributed by atoms with van der Waals surface area (Å²) in [5.41, 5.74) is 1.07. The summed E-state index contributed by atoms with van der Waals surface area (Å²) in [6.45, 7) is 5.31. The van der Waals surface area contributed by atoms with Crippen LogP contribution in [0.2, 0.25) is 0 Å². The molecule has 0 aromatic heterocycles. The Bertz CT molecular complexity index is 404. The molecule has 1 heterocycles. The van der Waals surface area contributed by atoms with Gasteiger partial charge in [0.25, 0.3) is 0 Å². The SMILES string of the molecule is C=CCCOc1cc2c(cc1CNC)OCO2. The van der Waals surface area contributed by atoms with Crippen LogP contribution in [0.25, 0.3) is 0 Å². The van der Waals surface area contributed by atoms with Gasteiger partial charge in [-0.25, -0.2) is 0 Å². The van der Waals surface area contributed by atoms with Gasteiger partial charge in [0.1, 0.15) is 5.75 Å². The van der Waals surface area contributed by atoms with Gasteiger partial charge in [0.2, 0.25) is 6.79 Å². The molecule has 0 spiro atoms. The van der Waals surface area contributed by atoms with Crippen LogP contribution in [0.5, 0.6) is 17.2 Å². The molecule has 1 aromatic carbocycles. The third-order valence-corrected chi connectivity index (χ3v) is 2.50. The van der Waals surface area contributed by atoms with Gasteiger partial charge < -0.3 is 19.5 Å². The van der Waals surface area contributed by atoms with Gasteiger partial charge in [-0.2, -0.15) is 0 Å². The van der Waals surface area contributed by atoms with Gasteiger partial charge in [-0.05, 0) is 19.5 Å². The van der Waals surface area contributed by atoms with Crippen LogP contribution < -0.4 is 19.5 Å². The molecule has 92 valence electrons. The van der Waals surface area contributed by atoms with Crippen LogP contribution in [-0.2, 0) is 6.54 Å². The van der Waals surface area contributed by atoms with Gasteiger partial charge in [0.05, 0.1) is 6.61 Å². The van der Waals surface area contributed by atoms with E-state index in [0.29, 0.717) is 6.61 Å². The van der Waals surface area contributed by atoms with Crippen molar-refractivity contribution >= 4 is 0 Å². The van der Waals surface area contributed by atoms with Crippen molar-refractivity contribution in [1.29, 1.82) is 0 Å². The molecule has 0 amide bonds. The fraction of sp³-hybridized carbons (Fsp3) is 0.385. The van der Waals surface area contributed by atoms with Crippen molar-refractivity contribution in [2.45, 2.75) is 13.0 Å². The second-order valence-electron chi connectivity index (χ2n) is 3.77. The first-order valence-electron chi connectivity index (χ1n) is 5.66. The van der Waals surface area contributed by atoms with Crippen LogP contribution in [0.3, 0.4) is 0 Å². The molecule has 1 aromatic rings. The predicted octanol–water partition coefficient (Wildman–Crippen LogP) is 2.09. The highest BCUT2D eigenvalue weighted by atomic mass is 16.7. The van der Waals surface area contributed by atoms with Gasteiger partial charge in [0.15, 0.2) is 11.5 Å². The van der Waals surface area contributed by atoms with E-state index in [1.165, 1.54) is 0 Å². The van der Waals surface area contributed by atoms with E-state index in [1.54, 1.807) is 0 Å². The van der Waals surface area contributed by atoms with Gasteiger partial charge in [-0.3, -0.25) is 0 Å². The summed E-state index contributed by atoms with van der Waals surface area (Å²) in [7, 11) is 1.90. The molecule has 0 saturated heterocycles. The zero-order valence-electron chi connectivity index (χ0n) is 9.99. The molecule has 0 saturated carbocycles. The molecule has 1 aliphatic heterocycles. The number of hydrogen-bond donors (Lipinski definition) is 1. The highest BCUT2D eigenvalue weighted by Crippen LogP contribution is 2.38. The average Bonchev–Trinajstić information content (AvgIpc) is 2.77. The molecule has 0 aliphatic carbocycles. The van der Waals surface area contributed by atoms with Crippen LogP contribution in [0, 0.1) is 0 Å². The Morgan fingerprint density at radius 3 is 2.88 bits per heavy atom. The molecule has 4 nitrogen and oxygen atoms in total. The van der Waals surface area contributed by atoms with Crippen molar-refractivity contribution in [3.05, 3.63) is 30.4 Å². The van der Waals surface area contributed by atoms with Crippen LogP contribution in [0.4, 0.5) is 0 Å². The van der Waals surface area contributed by atoms with Crippen LogP contribution in [0.15, 0.2) is 24.8 Å². The monoisotopic (exact) mass is 235 g/mol. The molecule has 2 rings (SSSR count). The molecule has 1 N–H and O–H groups in total. The summed E-state index contributed by atoms with van der Waals surface area (Å²) in [5, 5.41) is 3.11. The fourth-order valence-electron chi connectivity index (χ4n) is 1.68. The van der Waals surface area contributed by atoms with Crippen molar-refractivity contribution in [2.75, 3.05) is 20.4 Å². The second kappa shape index (κ2) is 5.59. The maximum atomic E-state index is 5.71. The molecule has 0 bridgehead atoms. The Hall–Kier alpha value is -1.68. The normalized spacial score (nSPS) is 12.5. The van der Waals surface area contributed by atoms with Gasteiger partial charge >= 0.3 is 0 Å². The third kappa shape index (κ3) is 2.71. The van der Waals surface area contributed by atoms with Crippen LogP contribution in [0.1, 0.15) is 12.0 Å². The first-order chi connectivity index (χ1) is 8.35. The maximum absolute atomic E-state index is 5.71. The van der Waals surface area contributed by atoms with E-state index >= 15 is 0 Å². The summed E-state index contributed by atoms with van der Waals surface area (Å²) in [5.74, 6) is 2.37. The van der Waals surface area contributed by atoms with Gasteiger partial charge in [-0.15, -0.1) is 6.58 Å². The molecule has 17 heavy (non-hydrogen) atoms. The molecule has 0 radical (unpaired) electrons. The highest BCUT2D eigenvalue weighted by molar-refractivity contribution is 5.51. The fourth-order valence-corrected chi connectivity index (χ4v) is 1.68. The lowest BCUT2D eigenvalue weighted by Crippen LogP contribution is -2.08. The molecule has 4 heteroatoms. The van der Waals surface area contributed by atoms with Crippen molar-refractivity contribution < 1.29 is 14.2 Å². The van der Waals surface area contributed by atoms with Crippen LogP contribution >= 0.6 is 0 Å². The van der Waals surface area contributed by atoms with E-state index in [0.717, 1.165) is 35.8 Å². The zero-order chi connectivity index (χ0) is 12.1.